The average molecular weight is 241 g/mol. The molecule has 3 nitrogen and oxygen atoms in total. The number of ether oxygens (including phenoxy) is 2. The number of halogens is 1. The molecule has 1 N–H and O–H groups in total. The van der Waals surface area contributed by atoms with Gasteiger partial charge in [-0.1, -0.05) is 6.07 Å². The summed E-state index contributed by atoms with van der Waals surface area (Å²) in [6.45, 7) is 5.90. The molecule has 0 aliphatic heterocycles. The van der Waals surface area contributed by atoms with E-state index in [1.165, 1.54) is 6.07 Å². The highest BCUT2D eigenvalue weighted by Crippen LogP contribution is 2.19. The van der Waals surface area contributed by atoms with Crippen molar-refractivity contribution in [1.29, 1.82) is 0 Å². The van der Waals surface area contributed by atoms with E-state index in [-0.39, 0.29) is 11.9 Å². The lowest BCUT2D eigenvalue weighted by atomic mass is 10.2. The molecule has 0 aromatic heterocycles. The Morgan fingerprint density at radius 1 is 1.41 bits per heavy atom. The van der Waals surface area contributed by atoms with E-state index in [2.05, 4.69) is 5.32 Å². The standard InChI is InChI=1S/C13H20FNO2/c1-10-4-5-12(14)13(8-10)17-11(2)9-15-6-7-16-3/h4-5,8,11,15H,6-7,9H2,1-3H3. The first-order valence-electron chi connectivity index (χ1n) is 5.76. The van der Waals surface area contributed by atoms with Crippen molar-refractivity contribution >= 4 is 0 Å². The maximum absolute atomic E-state index is 13.4. The van der Waals surface area contributed by atoms with E-state index in [1.807, 2.05) is 13.8 Å². The molecule has 1 aromatic carbocycles. The first-order chi connectivity index (χ1) is 8.13. The minimum atomic E-state index is -0.320. The second-order valence-corrected chi connectivity index (χ2v) is 4.06. The number of methoxy groups -OCH3 is 1. The van der Waals surface area contributed by atoms with Gasteiger partial charge in [-0.2, -0.15) is 0 Å². The molecule has 0 amide bonds. The Kier molecular flexibility index (Phi) is 5.94. The quantitative estimate of drug-likeness (QED) is 0.742. The van der Waals surface area contributed by atoms with Crippen LogP contribution in [-0.4, -0.2) is 32.9 Å². The Hall–Kier alpha value is -1.13. The largest absolute Gasteiger partial charge is 0.486 e. The SMILES string of the molecule is COCCNCC(C)Oc1cc(C)ccc1F. The van der Waals surface area contributed by atoms with E-state index in [0.717, 1.165) is 12.1 Å². The summed E-state index contributed by atoms with van der Waals surface area (Å²) in [6, 6.07) is 4.86. The van der Waals surface area contributed by atoms with Crippen molar-refractivity contribution in [1.82, 2.24) is 5.32 Å². The number of hydrogen-bond donors (Lipinski definition) is 1. The van der Waals surface area contributed by atoms with Crippen molar-refractivity contribution in [3.05, 3.63) is 29.6 Å². The molecule has 0 saturated carbocycles. The van der Waals surface area contributed by atoms with Crippen molar-refractivity contribution in [3.63, 3.8) is 0 Å². The number of rotatable bonds is 7. The number of benzene rings is 1. The molecule has 0 fully saturated rings. The zero-order valence-electron chi connectivity index (χ0n) is 10.6. The highest BCUT2D eigenvalue weighted by Gasteiger charge is 2.08. The summed E-state index contributed by atoms with van der Waals surface area (Å²) in [7, 11) is 1.66. The molecular weight excluding hydrogens is 221 g/mol. The average Bonchev–Trinajstić information content (AvgIpc) is 2.29. The molecule has 1 rings (SSSR count). The molecular formula is C13H20FNO2. The van der Waals surface area contributed by atoms with E-state index in [9.17, 15) is 4.39 Å². The third-order valence-electron chi connectivity index (χ3n) is 2.33. The van der Waals surface area contributed by atoms with Gasteiger partial charge in [0.25, 0.3) is 0 Å². The molecule has 0 bridgehead atoms. The first kappa shape index (κ1) is 13.9. The molecule has 0 spiro atoms. The fourth-order valence-corrected chi connectivity index (χ4v) is 1.44. The van der Waals surface area contributed by atoms with Crippen LogP contribution < -0.4 is 10.1 Å². The van der Waals surface area contributed by atoms with Crippen LogP contribution in [0.3, 0.4) is 0 Å². The number of nitrogens with one attached hydrogen (secondary N) is 1. The zero-order valence-corrected chi connectivity index (χ0v) is 10.6. The van der Waals surface area contributed by atoms with E-state index in [4.69, 9.17) is 9.47 Å². The zero-order chi connectivity index (χ0) is 12.7. The first-order valence-corrected chi connectivity index (χ1v) is 5.76. The Balaban J connectivity index is 2.39. The molecule has 0 radical (unpaired) electrons. The van der Waals surface area contributed by atoms with Crippen LogP contribution in [-0.2, 0) is 4.74 Å². The van der Waals surface area contributed by atoms with Gasteiger partial charge in [-0.05, 0) is 31.5 Å². The van der Waals surface area contributed by atoms with Crippen LogP contribution in [0.2, 0.25) is 0 Å². The van der Waals surface area contributed by atoms with Crippen LogP contribution in [0.5, 0.6) is 5.75 Å². The third-order valence-corrected chi connectivity index (χ3v) is 2.33. The summed E-state index contributed by atoms with van der Waals surface area (Å²) in [5.41, 5.74) is 0.987. The second kappa shape index (κ2) is 7.25. The third kappa shape index (κ3) is 5.15. The summed E-state index contributed by atoms with van der Waals surface area (Å²) in [4.78, 5) is 0. The molecule has 0 heterocycles. The lowest BCUT2D eigenvalue weighted by Gasteiger charge is -2.16. The normalized spacial score (nSPS) is 12.5. The Morgan fingerprint density at radius 3 is 2.88 bits per heavy atom. The van der Waals surface area contributed by atoms with Crippen LogP contribution in [0.15, 0.2) is 18.2 Å². The Bertz CT molecular complexity index is 344. The van der Waals surface area contributed by atoms with Gasteiger partial charge in [0.2, 0.25) is 0 Å². The topological polar surface area (TPSA) is 30.5 Å². The predicted molar refractivity (Wildman–Crippen MR) is 66.0 cm³/mol. The maximum atomic E-state index is 13.4. The molecule has 4 heteroatoms. The van der Waals surface area contributed by atoms with E-state index < -0.39 is 0 Å². The summed E-state index contributed by atoms with van der Waals surface area (Å²) >= 11 is 0. The Labute approximate surface area is 102 Å². The van der Waals surface area contributed by atoms with Crippen molar-refractivity contribution in [2.45, 2.75) is 20.0 Å². The molecule has 1 atom stereocenters. The highest BCUT2D eigenvalue weighted by molar-refractivity contribution is 5.29. The predicted octanol–water partition coefficient (Wildman–Crippen LogP) is 2.14. The summed E-state index contributed by atoms with van der Waals surface area (Å²) in [5, 5.41) is 3.17. The Morgan fingerprint density at radius 2 is 2.18 bits per heavy atom. The van der Waals surface area contributed by atoms with Gasteiger partial charge < -0.3 is 14.8 Å². The molecule has 0 aliphatic carbocycles. The molecule has 0 saturated heterocycles. The van der Waals surface area contributed by atoms with Crippen LogP contribution >= 0.6 is 0 Å². The van der Waals surface area contributed by atoms with E-state index in [1.54, 1.807) is 19.2 Å². The second-order valence-electron chi connectivity index (χ2n) is 4.06. The molecule has 0 aliphatic rings. The number of aryl methyl sites for hydroxylation is 1. The fraction of sp³-hybridized carbons (Fsp3) is 0.538. The van der Waals surface area contributed by atoms with Crippen LogP contribution in [0.1, 0.15) is 12.5 Å². The minimum Gasteiger partial charge on any atom is -0.486 e. The summed E-state index contributed by atoms with van der Waals surface area (Å²) in [5.74, 6) is -0.00890. The van der Waals surface area contributed by atoms with Crippen molar-refractivity contribution in [2.24, 2.45) is 0 Å². The van der Waals surface area contributed by atoms with E-state index in [0.29, 0.717) is 18.9 Å². The van der Waals surface area contributed by atoms with Gasteiger partial charge >= 0.3 is 0 Å². The van der Waals surface area contributed by atoms with Gasteiger partial charge in [0.05, 0.1) is 6.61 Å². The van der Waals surface area contributed by atoms with Gasteiger partial charge in [-0.25, -0.2) is 4.39 Å². The lowest BCUT2D eigenvalue weighted by molar-refractivity contribution is 0.181. The minimum absolute atomic E-state index is 0.0804. The van der Waals surface area contributed by atoms with Gasteiger partial charge in [-0.3, -0.25) is 0 Å². The van der Waals surface area contributed by atoms with Crippen LogP contribution in [0.4, 0.5) is 4.39 Å². The van der Waals surface area contributed by atoms with Gasteiger partial charge in [-0.15, -0.1) is 0 Å². The van der Waals surface area contributed by atoms with Crippen molar-refractivity contribution in [2.75, 3.05) is 26.8 Å². The molecule has 1 unspecified atom stereocenters. The van der Waals surface area contributed by atoms with Crippen molar-refractivity contribution in [3.8, 4) is 5.75 Å². The summed E-state index contributed by atoms with van der Waals surface area (Å²) in [6.07, 6.45) is -0.0804. The van der Waals surface area contributed by atoms with Gasteiger partial charge in [0, 0.05) is 20.2 Å². The number of hydrogen-bond acceptors (Lipinski definition) is 3. The van der Waals surface area contributed by atoms with Gasteiger partial charge in [0.1, 0.15) is 6.10 Å². The fourth-order valence-electron chi connectivity index (χ4n) is 1.44. The highest BCUT2D eigenvalue weighted by atomic mass is 19.1. The molecule has 96 valence electrons. The lowest BCUT2D eigenvalue weighted by Crippen LogP contribution is -2.31. The monoisotopic (exact) mass is 241 g/mol. The van der Waals surface area contributed by atoms with Crippen LogP contribution in [0.25, 0.3) is 0 Å². The smallest absolute Gasteiger partial charge is 0.165 e. The molecule has 17 heavy (non-hydrogen) atoms. The maximum Gasteiger partial charge on any atom is 0.165 e. The van der Waals surface area contributed by atoms with Crippen LogP contribution in [0, 0.1) is 12.7 Å². The van der Waals surface area contributed by atoms with Crippen molar-refractivity contribution < 1.29 is 13.9 Å². The van der Waals surface area contributed by atoms with Gasteiger partial charge in [0.15, 0.2) is 11.6 Å². The molecule has 1 aromatic rings. The summed E-state index contributed by atoms with van der Waals surface area (Å²) < 4.78 is 23.8. The van der Waals surface area contributed by atoms with E-state index >= 15 is 0 Å².